The number of carbonyl (C=O) groups is 2. The van der Waals surface area contributed by atoms with Gasteiger partial charge in [0.05, 0.1) is 0 Å². The molecule has 0 rings (SSSR count). The number of carboxylic acid groups (broad SMARTS) is 1. The van der Waals surface area contributed by atoms with Gasteiger partial charge in [0.2, 0.25) is 5.91 Å². The number of carbonyl (C=O) groups excluding carboxylic acids is 1. The van der Waals surface area contributed by atoms with Crippen LogP contribution in [0.1, 0.15) is 45.4 Å². The molecule has 6 nitrogen and oxygen atoms in total. The van der Waals surface area contributed by atoms with Crippen LogP contribution in [0.5, 0.6) is 0 Å². The highest BCUT2D eigenvalue weighted by atomic mass is 16.4. The summed E-state index contributed by atoms with van der Waals surface area (Å²) in [7, 11) is 0. The molecule has 0 aliphatic heterocycles. The fourth-order valence-corrected chi connectivity index (χ4v) is 2.11. The van der Waals surface area contributed by atoms with Gasteiger partial charge < -0.3 is 15.5 Å². The number of allylic oxidation sites excluding steroid dienone is 1. The van der Waals surface area contributed by atoms with E-state index in [-0.39, 0.29) is 12.5 Å². The molecule has 0 saturated carbocycles. The maximum absolute atomic E-state index is 11.7. The van der Waals surface area contributed by atoms with Crippen molar-refractivity contribution in [2.45, 2.75) is 51.5 Å². The first-order valence-electron chi connectivity index (χ1n) is 7.98. The molecule has 6 heteroatoms. The van der Waals surface area contributed by atoms with Crippen molar-refractivity contribution in [1.29, 1.82) is 0 Å². The van der Waals surface area contributed by atoms with E-state index in [1.54, 1.807) is 11.8 Å². The zero-order valence-electron chi connectivity index (χ0n) is 13.6. The van der Waals surface area contributed by atoms with Crippen LogP contribution in [-0.2, 0) is 9.59 Å². The van der Waals surface area contributed by atoms with Gasteiger partial charge in [-0.2, -0.15) is 0 Å². The molecule has 0 aromatic rings. The van der Waals surface area contributed by atoms with E-state index < -0.39 is 12.0 Å². The lowest BCUT2D eigenvalue weighted by Gasteiger charge is -2.26. The molecule has 128 valence electrons. The minimum Gasteiger partial charge on any atom is -0.480 e. The minimum atomic E-state index is -0.897. The van der Waals surface area contributed by atoms with E-state index in [4.69, 9.17) is 10.2 Å². The summed E-state index contributed by atoms with van der Waals surface area (Å²) in [6.45, 7) is 6.69. The summed E-state index contributed by atoms with van der Waals surface area (Å²) >= 11 is 0. The lowest BCUT2D eigenvalue weighted by Crippen LogP contribution is -2.44. The van der Waals surface area contributed by atoms with E-state index >= 15 is 0 Å². The predicted molar refractivity (Wildman–Crippen MR) is 86.7 cm³/mol. The van der Waals surface area contributed by atoms with Gasteiger partial charge in [-0.1, -0.05) is 12.5 Å². The van der Waals surface area contributed by atoms with Gasteiger partial charge in [-0.25, -0.2) is 0 Å². The second-order valence-electron chi connectivity index (χ2n) is 5.37. The molecular weight excluding hydrogens is 284 g/mol. The van der Waals surface area contributed by atoms with Crippen molar-refractivity contribution >= 4 is 11.9 Å². The molecule has 1 amide bonds. The van der Waals surface area contributed by atoms with Gasteiger partial charge in [-0.05, 0) is 32.6 Å². The molecule has 0 saturated heterocycles. The van der Waals surface area contributed by atoms with Crippen molar-refractivity contribution in [2.24, 2.45) is 0 Å². The number of aliphatic hydroxyl groups is 1. The Labute approximate surface area is 133 Å². The summed E-state index contributed by atoms with van der Waals surface area (Å²) in [4.78, 5) is 24.5. The molecule has 0 heterocycles. The minimum absolute atomic E-state index is 0.00342. The summed E-state index contributed by atoms with van der Waals surface area (Å²) in [5.74, 6) is -0.893. The summed E-state index contributed by atoms with van der Waals surface area (Å²) in [6.07, 6.45) is 6.82. The number of hydrogen-bond donors (Lipinski definition) is 3. The number of nitrogens with one attached hydrogen (secondary N) is 1. The number of aliphatic hydroxyl groups excluding tert-OH is 1. The van der Waals surface area contributed by atoms with Crippen LogP contribution in [0.25, 0.3) is 0 Å². The first-order valence-corrected chi connectivity index (χ1v) is 7.98. The summed E-state index contributed by atoms with van der Waals surface area (Å²) in [6, 6.07) is -0.623. The molecule has 0 aliphatic rings. The number of nitrogens with zero attached hydrogens (tertiary/aromatic N) is 1. The van der Waals surface area contributed by atoms with Gasteiger partial charge in [0.1, 0.15) is 6.04 Å². The third kappa shape index (κ3) is 10.3. The molecule has 0 radical (unpaired) electrons. The average molecular weight is 314 g/mol. The number of unbranched alkanes of at least 4 members (excludes halogenated alkanes) is 3. The quantitative estimate of drug-likeness (QED) is 0.333. The van der Waals surface area contributed by atoms with Crippen LogP contribution in [-0.4, -0.2) is 59.3 Å². The molecule has 0 fully saturated rings. The Hall–Kier alpha value is -1.40. The third-order valence-electron chi connectivity index (χ3n) is 3.54. The Balaban J connectivity index is 3.92. The van der Waals surface area contributed by atoms with E-state index in [1.807, 2.05) is 6.08 Å². The number of aliphatic carboxylic acids is 1. The fourth-order valence-electron chi connectivity index (χ4n) is 2.11. The molecule has 1 unspecified atom stereocenters. The molecule has 0 spiro atoms. The normalized spacial score (nSPS) is 12.1. The van der Waals surface area contributed by atoms with Crippen LogP contribution < -0.4 is 5.32 Å². The largest absolute Gasteiger partial charge is 0.480 e. The van der Waals surface area contributed by atoms with Gasteiger partial charge in [0, 0.05) is 32.7 Å². The SMILES string of the molecule is C=CCCCCCC(=O)NCCN(CCCO)C(C)C(=O)O. The van der Waals surface area contributed by atoms with Gasteiger partial charge in [-0.15, -0.1) is 6.58 Å². The lowest BCUT2D eigenvalue weighted by molar-refractivity contribution is -0.142. The van der Waals surface area contributed by atoms with E-state index in [9.17, 15) is 9.59 Å². The second-order valence-corrected chi connectivity index (χ2v) is 5.37. The van der Waals surface area contributed by atoms with Crippen molar-refractivity contribution in [3.05, 3.63) is 12.7 Å². The standard InChI is InChI=1S/C16H30N2O4/c1-3-4-5-6-7-9-15(20)17-10-12-18(11-8-13-19)14(2)16(21)22/h3,14,19H,1,4-13H2,2H3,(H,17,20)(H,21,22). The van der Waals surface area contributed by atoms with Gasteiger partial charge in [0.15, 0.2) is 0 Å². The highest BCUT2D eigenvalue weighted by Gasteiger charge is 2.19. The zero-order chi connectivity index (χ0) is 16.8. The summed E-state index contributed by atoms with van der Waals surface area (Å²) in [5, 5.41) is 20.7. The molecule has 0 aromatic heterocycles. The van der Waals surface area contributed by atoms with Crippen LogP contribution >= 0.6 is 0 Å². The zero-order valence-corrected chi connectivity index (χ0v) is 13.6. The lowest BCUT2D eigenvalue weighted by atomic mass is 10.1. The van der Waals surface area contributed by atoms with Crippen molar-refractivity contribution in [3.63, 3.8) is 0 Å². The topological polar surface area (TPSA) is 89.9 Å². The molecule has 1 atom stereocenters. The van der Waals surface area contributed by atoms with Gasteiger partial charge >= 0.3 is 5.97 Å². The van der Waals surface area contributed by atoms with Crippen molar-refractivity contribution < 1.29 is 19.8 Å². The predicted octanol–water partition coefficient (Wildman–Crippen LogP) is 1.40. The van der Waals surface area contributed by atoms with E-state index in [2.05, 4.69) is 11.9 Å². The molecule has 22 heavy (non-hydrogen) atoms. The molecule has 0 bridgehead atoms. The van der Waals surface area contributed by atoms with E-state index in [0.29, 0.717) is 32.5 Å². The second kappa shape index (κ2) is 13.3. The maximum atomic E-state index is 11.7. The van der Waals surface area contributed by atoms with Crippen LogP contribution in [0.15, 0.2) is 12.7 Å². The fraction of sp³-hybridized carbons (Fsp3) is 0.750. The number of rotatable bonds is 14. The van der Waals surface area contributed by atoms with Crippen LogP contribution in [0.3, 0.4) is 0 Å². The smallest absolute Gasteiger partial charge is 0.320 e. The summed E-state index contributed by atoms with van der Waals surface area (Å²) in [5.41, 5.74) is 0. The highest BCUT2D eigenvalue weighted by Crippen LogP contribution is 2.03. The molecule has 0 aromatic carbocycles. The Bertz CT molecular complexity index is 334. The van der Waals surface area contributed by atoms with E-state index in [0.717, 1.165) is 25.7 Å². The van der Waals surface area contributed by atoms with Gasteiger partial charge in [-0.3, -0.25) is 14.5 Å². The first-order chi connectivity index (χ1) is 10.5. The number of hydrogen-bond acceptors (Lipinski definition) is 4. The van der Waals surface area contributed by atoms with Crippen LogP contribution in [0.4, 0.5) is 0 Å². The van der Waals surface area contributed by atoms with Crippen molar-refractivity contribution in [1.82, 2.24) is 10.2 Å². The van der Waals surface area contributed by atoms with Gasteiger partial charge in [0.25, 0.3) is 0 Å². The average Bonchev–Trinajstić information content (AvgIpc) is 2.49. The molecule has 0 aliphatic carbocycles. The Morgan fingerprint density at radius 3 is 2.55 bits per heavy atom. The van der Waals surface area contributed by atoms with Crippen LogP contribution in [0, 0.1) is 0 Å². The van der Waals surface area contributed by atoms with Crippen LogP contribution in [0.2, 0.25) is 0 Å². The number of amides is 1. The monoisotopic (exact) mass is 314 g/mol. The maximum Gasteiger partial charge on any atom is 0.320 e. The number of carboxylic acids is 1. The first kappa shape index (κ1) is 20.6. The Morgan fingerprint density at radius 1 is 1.23 bits per heavy atom. The highest BCUT2D eigenvalue weighted by molar-refractivity contribution is 5.75. The third-order valence-corrected chi connectivity index (χ3v) is 3.54. The van der Waals surface area contributed by atoms with E-state index in [1.165, 1.54) is 0 Å². The van der Waals surface area contributed by atoms with Crippen molar-refractivity contribution in [2.75, 3.05) is 26.2 Å². The molecule has 3 N–H and O–H groups in total. The molecular formula is C16H30N2O4. The summed E-state index contributed by atoms with van der Waals surface area (Å²) < 4.78 is 0. The Kier molecular flexibility index (Phi) is 12.4. The van der Waals surface area contributed by atoms with Crippen molar-refractivity contribution in [3.8, 4) is 0 Å². The Morgan fingerprint density at radius 2 is 1.95 bits per heavy atom.